The summed E-state index contributed by atoms with van der Waals surface area (Å²) in [6, 6.07) is 14.3. The fourth-order valence-electron chi connectivity index (χ4n) is 6.25. The van der Waals surface area contributed by atoms with Gasteiger partial charge in [0.25, 0.3) is 0 Å². The Labute approximate surface area is 282 Å². The van der Waals surface area contributed by atoms with Gasteiger partial charge in [-0.2, -0.15) is 0 Å². The summed E-state index contributed by atoms with van der Waals surface area (Å²) in [5, 5.41) is 1.97. The normalized spacial score (nSPS) is 16.2. The molecule has 0 radical (unpaired) electrons. The van der Waals surface area contributed by atoms with E-state index in [4.69, 9.17) is 22.2 Å². The van der Waals surface area contributed by atoms with E-state index in [0.717, 1.165) is 0 Å². The third kappa shape index (κ3) is 4.02. The zero-order chi connectivity index (χ0) is 42.8. The van der Waals surface area contributed by atoms with Crippen LogP contribution in [-0.4, -0.2) is 0 Å². The topological polar surface area (TPSA) is 13.1 Å². The smallest absolute Gasteiger partial charge is 0.136 e. The van der Waals surface area contributed by atoms with Crippen molar-refractivity contribution in [3.8, 4) is 44.5 Å². The molecule has 210 valence electrons. The minimum atomic E-state index is -0.683. The van der Waals surface area contributed by atoms with Crippen molar-refractivity contribution >= 4 is 43.5 Å². The Morgan fingerprint density at radius 3 is 1.44 bits per heavy atom. The molecule has 0 atom stereocenters. The van der Waals surface area contributed by atoms with E-state index in [0.29, 0.717) is 32.7 Å². The Balaban J connectivity index is 1.54. The monoisotopic (exact) mass is 587 g/mol. The van der Waals surface area contributed by atoms with Gasteiger partial charge in [0.2, 0.25) is 0 Å². The molecular formula is C44H28O. The van der Waals surface area contributed by atoms with Gasteiger partial charge >= 0.3 is 0 Å². The third-order valence-corrected chi connectivity index (χ3v) is 8.07. The summed E-state index contributed by atoms with van der Waals surface area (Å²) in [6.45, 7) is 0. The Morgan fingerprint density at radius 2 is 0.822 bits per heavy atom. The molecule has 1 nitrogen and oxygen atoms in total. The minimum absolute atomic E-state index is 0.0987. The summed E-state index contributed by atoms with van der Waals surface area (Å²) in [7, 11) is 0. The lowest BCUT2D eigenvalue weighted by atomic mass is 9.83. The summed E-state index contributed by atoms with van der Waals surface area (Å²) in [4.78, 5) is 0. The maximum atomic E-state index is 9.55. The van der Waals surface area contributed by atoms with Crippen LogP contribution < -0.4 is 0 Å². The van der Waals surface area contributed by atoms with Gasteiger partial charge in [-0.25, -0.2) is 0 Å². The van der Waals surface area contributed by atoms with Gasteiger partial charge in [0.1, 0.15) is 11.2 Å². The van der Waals surface area contributed by atoms with Gasteiger partial charge in [-0.1, -0.05) is 157 Å². The van der Waals surface area contributed by atoms with Crippen LogP contribution in [0.1, 0.15) is 20.6 Å². The third-order valence-electron chi connectivity index (χ3n) is 8.07. The molecule has 0 aliphatic carbocycles. The first kappa shape index (κ1) is 14.7. The zero-order valence-electron chi connectivity index (χ0n) is 38.4. The van der Waals surface area contributed by atoms with E-state index >= 15 is 0 Å². The van der Waals surface area contributed by atoms with Crippen LogP contribution in [0.4, 0.5) is 0 Å². The maximum Gasteiger partial charge on any atom is 0.136 e. The van der Waals surface area contributed by atoms with Crippen molar-refractivity contribution in [1.29, 1.82) is 0 Å². The van der Waals surface area contributed by atoms with Crippen LogP contribution in [-0.2, 0) is 0 Å². The number of benzene rings is 8. The fourth-order valence-corrected chi connectivity index (χ4v) is 6.25. The van der Waals surface area contributed by atoms with E-state index < -0.39 is 84.1 Å². The van der Waals surface area contributed by atoms with Gasteiger partial charge < -0.3 is 4.42 Å². The minimum Gasteiger partial charge on any atom is -0.456 e. The highest BCUT2D eigenvalue weighted by Crippen LogP contribution is 2.49. The predicted octanol–water partition coefficient (Wildman–Crippen LogP) is 12.6. The maximum absolute atomic E-state index is 9.55. The Bertz CT molecular complexity index is 3290. The fraction of sp³-hybridized carbons (Fsp3) is 0. The highest BCUT2D eigenvalue weighted by atomic mass is 16.3. The summed E-state index contributed by atoms with van der Waals surface area (Å²) >= 11 is 0. The van der Waals surface area contributed by atoms with Crippen molar-refractivity contribution in [2.24, 2.45) is 0 Å². The number of hydrogen-bond acceptors (Lipinski definition) is 1. The molecule has 0 saturated carbocycles. The molecular weight excluding hydrogens is 544 g/mol. The van der Waals surface area contributed by atoms with E-state index in [9.17, 15) is 2.74 Å². The molecule has 9 rings (SSSR count). The highest BCUT2D eigenvalue weighted by Gasteiger charge is 2.22. The number of rotatable bonds is 4. The quantitative estimate of drug-likeness (QED) is 0.187. The summed E-state index contributed by atoms with van der Waals surface area (Å²) < 4.78 is 139. The molecule has 0 saturated heterocycles. The van der Waals surface area contributed by atoms with Crippen molar-refractivity contribution in [2.75, 3.05) is 0 Å². The van der Waals surface area contributed by atoms with E-state index in [-0.39, 0.29) is 61.8 Å². The van der Waals surface area contributed by atoms with Gasteiger partial charge in [0, 0.05) is 10.8 Å². The Morgan fingerprint density at radius 1 is 0.356 bits per heavy atom. The van der Waals surface area contributed by atoms with Gasteiger partial charge in [-0.3, -0.25) is 0 Å². The molecule has 0 spiro atoms. The van der Waals surface area contributed by atoms with Crippen LogP contribution in [0.25, 0.3) is 88.0 Å². The average Bonchev–Trinajstić information content (AvgIpc) is 3.65. The molecule has 0 unspecified atom stereocenters. The van der Waals surface area contributed by atoms with Crippen molar-refractivity contribution in [3.05, 3.63) is 169 Å². The standard InChI is InChI=1S/C44H28O/c1-3-15-29(16-4-1)31-19-7-8-20-33(31)41-34-21-9-11-23-36(34)42(37-24-12-10-22-35(37)41)38-26-14-28-40-44(38)43-32(25-13-27-39(43)45-40)30-17-5-2-6-18-30/h1-28H/i1D,3D,4D,7D,8D,13D,14D,15D,16D,19D,20D,25D,26D,27D,28D. The van der Waals surface area contributed by atoms with Gasteiger partial charge in [-0.15, -0.1) is 0 Å². The molecule has 1 heteroatoms. The lowest BCUT2D eigenvalue weighted by Gasteiger charge is -2.20. The van der Waals surface area contributed by atoms with Crippen LogP contribution in [0.5, 0.6) is 0 Å². The first-order valence-electron chi connectivity index (χ1n) is 21.7. The summed E-state index contributed by atoms with van der Waals surface area (Å²) in [6.07, 6.45) is 0. The van der Waals surface area contributed by atoms with Crippen LogP contribution in [0.15, 0.2) is 174 Å². The van der Waals surface area contributed by atoms with Crippen molar-refractivity contribution in [2.45, 2.75) is 0 Å². The second kappa shape index (κ2) is 10.4. The van der Waals surface area contributed by atoms with Crippen molar-refractivity contribution < 1.29 is 25.0 Å². The number of fused-ring (bicyclic) bond motifs is 5. The van der Waals surface area contributed by atoms with E-state index in [1.54, 1.807) is 78.9 Å². The molecule has 0 N–H and O–H groups in total. The van der Waals surface area contributed by atoms with Crippen LogP contribution in [0.3, 0.4) is 0 Å². The Hall–Kier alpha value is -5.92. The first-order valence-corrected chi connectivity index (χ1v) is 14.2. The average molecular weight is 588 g/mol. The molecule has 0 amide bonds. The molecule has 45 heavy (non-hydrogen) atoms. The van der Waals surface area contributed by atoms with Crippen molar-refractivity contribution in [3.63, 3.8) is 0 Å². The lowest BCUT2D eigenvalue weighted by Crippen LogP contribution is -1.93. The van der Waals surface area contributed by atoms with Crippen molar-refractivity contribution in [1.82, 2.24) is 0 Å². The predicted molar refractivity (Wildman–Crippen MR) is 190 cm³/mol. The summed E-state index contributed by atoms with van der Waals surface area (Å²) in [5.41, 5.74) is 0.417. The lowest BCUT2D eigenvalue weighted by molar-refractivity contribution is 0.669. The first-order chi connectivity index (χ1) is 28.6. The molecule has 1 aromatic heterocycles. The van der Waals surface area contributed by atoms with Gasteiger partial charge in [-0.05, 0) is 78.1 Å². The second-order valence-electron chi connectivity index (χ2n) is 10.5. The largest absolute Gasteiger partial charge is 0.456 e. The van der Waals surface area contributed by atoms with E-state index in [1.165, 1.54) is 0 Å². The van der Waals surface area contributed by atoms with Crippen LogP contribution in [0.2, 0.25) is 0 Å². The highest BCUT2D eigenvalue weighted by molar-refractivity contribution is 6.27. The summed E-state index contributed by atoms with van der Waals surface area (Å²) in [5.74, 6) is 0. The van der Waals surface area contributed by atoms with E-state index in [1.807, 2.05) is 0 Å². The van der Waals surface area contributed by atoms with Crippen LogP contribution in [0, 0.1) is 0 Å². The van der Waals surface area contributed by atoms with Crippen LogP contribution >= 0.6 is 0 Å². The molecule has 1 heterocycles. The van der Waals surface area contributed by atoms with Gasteiger partial charge in [0.15, 0.2) is 0 Å². The SMILES string of the molecule is [2H]c1c([2H])c([2H])c(-c2c([2H])c([2H])c([2H])c([2H])c2-c2c3ccccc3c(-c3c([2H])c([2H])c([2H])c4oc5c([2H])c([2H])c([2H])c(-c6ccccc6)c5c34)c3ccccc23)c([2H])c1[2H]. The molecule has 8 aromatic carbocycles. The molecule has 0 aliphatic heterocycles. The van der Waals surface area contributed by atoms with E-state index in [2.05, 4.69) is 0 Å². The Kier molecular flexibility index (Phi) is 3.39. The molecule has 0 bridgehead atoms. The molecule has 0 aliphatic rings. The number of hydrogen-bond donors (Lipinski definition) is 0. The zero-order valence-corrected chi connectivity index (χ0v) is 23.4. The molecule has 0 fully saturated rings. The number of furan rings is 1. The molecule has 9 aromatic rings. The van der Waals surface area contributed by atoms with Gasteiger partial charge in [0.05, 0.1) is 20.6 Å². The second-order valence-corrected chi connectivity index (χ2v) is 10.5.